The molecule has 2 rings (SSSR count). The standard InChI is InChI=1S/C39H73N3O5/c1-4-6-8-10-12-14-18-32-46-38(47-33-19-15-13-11-9-7-5-2)21-20-37(43)45-35-25-39(24-34-44-3)22-29-41(30-23-39)27-16-17-28-42-31-26-40-36-42/h26,31,36,38H,4-25,27-30,32-35H2,1-3H3. The summed E-state index contributed by atoms with van der Waals surface area (Å²) in [4.78, 5) is 19.6. The van der Waals surface area contributed by atoms with Crippen molar-refractivity contribution in [3.63, 3.8) is 0 Å². The third-order valence-corrected chi connectivity index (χ3v) is 10.0. The molecule has 0 N–H and O–H groups in total. The summed E-state index contributed by atoms with van der Waals surface area (Å²) in [5.41, 5.74) is 0.186. The molecule has 274 valence electrons. The molecule has 8 heteroatoms. The molecule has 0 aliphatic carbocycles. The maximum Gasteiger partial charge on any atom is 0.305 e. The SMILES string of the molecule is CCCCCCCCCOC(CCC(=O)OCCC1(CCOC)CCN(CCCCn2ccnc2)CC1)OCCCCCCCCC. The molecule has 0 saturated carbocycles. The van der Waals surface area contributed by atoms with Crippen LogP contribution in [0.4, 0.5) is 0 Å². The van der Waals surface area contributed by atoms with Crippen molar-refractivity contribution in [2.45, 2.75) is 168 Å². The summed E-state index contributed by atoms with van der Waals surface area (Å²) in [6.45, 7) is 11.6. The summed E-state index contributed by atoms with van der Waals surface area (Å²) in [5, 5.41) is 0. The number of aryl methyl sites for hydroxylation is 1. The molecule has 0 aromatic carbocycles. The molecule has 0 atom stereocenters. The first-order chi connectivity index (χ1) is 23.1. The maximum atomic E-state index is 12.8. The van der Waals surface area contributed by atoms with Crippen LogP contribution in [0.1, 0.15) is 155 Å². The number of carbonyl (C=O) groups is 1. The molecule has 8 nitrogen and oxygen atoms in total. The highest BCUT2D eigenvalue weighted by molar-refractivity contribution is 5.69. The zero-order valence-corrected chi connectivity index (χ0v) is 30.9. The van der Waals surface area contributed by atoms with E-state index in [4.69, 9.17) is 18.9 Å². The van der Waals surface area contributed by atoms with Crippen LogP contribution in [0.25, 0.3) is 0 Å². The van der Waals surface area contributed by atoms with Gasteiger partial charge in [-0.25, -0.2) is 4.98 Å². The number of esters is 1. The largest absolute Gasteiger partial charge is 0.466 e. The zero-order valence-electron chi connectivity index (χ0n) is 30.9. The summed E-state index contributed by atoms with van der Waals surface area (Å²) in [7, 11) is 1.78. The van der Waals surface area contributed by atoms with Crippen molar-refractivity contribution in [3.8, 4) is 0 Å². The number of aromatic nitrogens is 2. The van der Waals surface area contributed by atoms with E-state index in [1.54, 1.807) is 7.11 Å². The first-order valence-corrected chi connectivity index (χ1v) is 19.7. The Bertz CT molecular complexity index is 809. The Morgan fingerprint density at radius 3 is 1.89 bits per heavy atom. The van der Waals surface area contributed by atoms with Crippen molar-refractivity contribution >= 4 is 5.97 Å². The molecule has 0 amide bonds. The minimum atomic E-state index is -0.319. The molecule has 1 aliphatic heterocycles. The molecule has 47 heavy (non-hydrogen) atoms. The van der Waals surface area contributed by atoms with E-state index in [0.717, 1.165) is 71.3 Å². The van der Waals surface area contributed by atoms with Crippen LogP contribution < -0.4 is 0 Å². The van der Waals surface area contributed by atoms with Gasteiger partial charge in [-0.05, 0) is 76.4 Å². The molecule has 1 fully saturated rings. The molecule has 1 saturated heterocycles. The Labute approximate surface area is 289 Å². The van der Waals surface area contributed by atoms with Crippen LogP contribution in [-0.4, -0.2) is 79.9 Å². The van der Waals surface area contributed by atoms with Gasteiger partial charge in [0.15, 0.2) is 6.29 Å². The lowest BCUT2D eigenvalue weighted by Crippen LogP contribution is -2.41. The number of rotatable bonds is 32. The molecule has 0 unspecified atom stereocenters. The normalized spacial score (nSPS) is 15.1. The van der Waals surface area contributed by atoms with E-state index in [-0.39, 0.29) is 17.7 Å². The summed E-state index contributed by atoms with van der Waals surface area (Å²) in [6.07, 6.45) is 30.5. The molecule has 1 aromatic heterocycles. The minimum absolute atomic E-state index is 0.133. The number of methoxy groups -OCH3 is 1. The Balaban J connectivity index is 1.68. The number of nitrogens with zero attached hydrogens (tertiary/aromatic N) is 3. The molecule has 0 spiro atoms. The van der Waals surface area contributed by atoms with E-state index in [9.17, 15) is 4.79 Å². The Morgan fingerprint density at radius 2 is 1.32 bits per heavy atom. The van der Waals surface area contributed by atoms with Crippen molar-refractivity contribution in [2.75, 3.05) is 53.2 Å². The lowest BCUT2D eigenvalue weighted by molar-refractivity contribution is -0.160. The predicted octanol–water partition coefficient (Wildman–Crippen LogP) is 9.36. The van der Waals surface area contributed by atoms with Crippen LogP contribution in [0.3, 0.4) is 0 Å². The Morgan fingerprint density at radius 1 is 0.745 bits per heavy atom. The van der Waals surface area contributed by atoms with E-state index < -0.39 is 0 Å². The van der Waals surface area contributed by atoms with Crippen LogP contribution in [0, 0.1) is 5.41 Å². The smallest absolute Gasteiger partial charge is 0.305 e. The quantitative estimate of drug-likeness (QED) is 0.0432. The molecule has 0 bridgehead atoms. The van der Waals surface area contributed by atoms with E-state index in [0.29, 0.717) is 32.7 Å². The number of likely N-dealkylation sites (tertiary alicyclic amines) is 1. The zero-order chi connectivity index (χ0) is 33.7. The van der Waals surface area contributed by atoms with Crippen molar-refractivity contribution in [1.82, 2.24) is 14.5 Å². The Hall–Kier alpha value is -1.48. The second-order valence-corrected chi connectivity index (χ2v) is 14.0. The van der Waals surface area contributed by atoms with E-state index >= 15 is 0 Å². The lowest BCUT2D eigenvalue weighted by atomic mass is 9.73. The molecule has 0 radical (unpaired) electrons. The minimum Gasteiger partial charge on any atom is -0.466 e. The van der Waals surface area contributed by atoms with Crippen molar-refractivity contribution < 1.29 is 23.7 Å². The topological polar surface area (TPSA) is 75.1 Å². The number of hydrogen-bond donors (Lipinski definition) is 0. The maximum absolute atomic E-state index is 12.8. The van der Waals surface area contributed by atoms with Crippen molar-refractivity contribution in [2.24, 2.45) is 5.41 Å². The summed E-state index contributed by atoms with van der Waals surface area (Å²) < 4.78 is 25.8. The van der Waals surface area contributed by atoms with E-state index in [2.05, 4.69) is 28.3 Å². The monoisotopic (exact) mass is 664 g/mol. The second kappa shape index (κ2) is 28.4. The summed E-state index contributed by atoms with van der Waals surface area (Å²) >= 11 is 0. The number of ether oxygens (including phenoxy) is 4. The fourth-order valence-corrected chi connectivity index (χ4v) is 6.70. The van der Waals surface area contributed by atoms with Gasteiger partial charge < -0.3 is 28.4 Å². The molecular formula is C39H73N3O5. The van der Waals surface area contributed by atoms with Crippen LogP contribution in [0.15, 0.2) is 18.7 Å². The van der Waals surface area contributed by atoms with Crippen molar-refractivity contribution in [3.05, 3.63) is 18.7 Å². The highest BCUT2D eigenvalue weighted by Gasteiger charge is 2.34. The fraction of sp³-hybridized carbons (Fsp3) is 0.897. The number of hydrogen-bond acceptors (Lipinski definition) is 7. The molecule has 1 aliphatic rings. The van der Waals surface area contributed by atoms with Crippen LogP contribution in [-0.2, 0) is 30.3 Å². The van der Waals surface area contributed by atoms with Gasteiger partial charge in [0.05, 0.1) is 19.4 Å². The van der Waals surface area contributed by atoms with Crippen LogP contribution >= 0.6 is 0 Å². The van der Waals surface area contributed by atoms with Gasteiger partial charge in [-0.15, -0.1) is 0 Å². The highest BCUT2D eigenvalue weighted by Crippen LogP contribution is 2.38. The van der Waals surface area contributed by atoms with E-state index in [1.165, 1.54) is 89.9 Å². The predicted molar refractivity (Wildman–Crippen MR) is 193 cm³/mol. The van der Waals surface area contributed by atoms with E-state index in [1.807, 2.05) is 18.7 Å². The van der Waals surface area contributed by atoms with Crippen LogP contribution in [0.5, 0.6) is 0 Å². The molecule has 1 aromatic rings. The first-order valence-electron chi connectivity index (χ1n) is 19.7. The molecular weight excluding hydrogens is 590 g/mol. The first kappa shape index (κ1) is 41.7. The van der Waals surface area contributed by atoms with Gasteiger partial charge in [-0.3, -0.25) is 4.79 Å². The number of carbonyl (C=O) groups excluding carboxylic acids is 1. The average Bonchev–Trinajstić information content (AvgIpc) is 3.61. The lowest BCUT2D eigenvalue weighted by Gasteiger charge is -2.42. The van der Waals surface area contributed by atoms with Gasteiger partial charge in [0.2, 0.25) is 0 Å². The Kier molecular flexibility index (Phi) is 25.2. The second-order valence-electron chi connectivity index (χ2n) is 14.0. The third-order valence-electron chi connectivity index (χ3n) is 10.0. The van der Waals surface area contributed by atoms with Crippen molar-refractivity contribution in [1.29, 1.82) is 0 Å². The third kappa shape index (κ3) is 21.3. The number of piperidine rings is 1. The van der Waals surface area contributed by atoms with Crippen LogP contribution in [0.2, 0.25) is 0 Å². The summed E-state index contributed by atoms with van der Waals surface area (Å²) in [6, 6.07) is 0. The average molecular weight is 664 g/mol. The van der Waals surface area contributed by atoms with Gasteiger partial charge in [0, 0.05) is 52.3 Å². The van der Waals surface area contributed by atoms with Gasteiger partial charge >= 0.3 is 5.97 Å². The number of imidazole rings is 1. The number of unbranched alkanes of at least 4 members (excludes halogenated alkanes) is 13. The van der Waals surface area contributed by atoms with Gasteiger partial charge in [0.25, 0.3) is 0 Å². The molecule has 2 heterocycles. The van der Waals surface area contributed by atoms with Gasteiger partial charge in [-0.1, -0.05) is 90.9 Å². The van der Waals surface area contributed by atoms with Gasteiger partial charge in [0.1, 0.15) is 0 Å². The highest BCUT2D eigenvalue weighted by atomic mass is 16.7. The fourth-order valence-electron chi connectivity index (χ4n) is 6.70. The summed E-state index contributed by atoms with van der Waals surface area (Å²) in [5.74, 6) is -0.133. The van der Waals surface area contributed by atoms with Gasteiger partial charge in [-0.2, -0.15) is 0 Å².